The third kappa shape index (κ3) is 2.53. The maximum atomic E-state index is 13.1. The Morgan fingerprint density at radius 1 is 1.07 bits per heavy atom. The lowest BCUT2D eigenvalue weighted by Crippen LogP contribution is -2.58. The smallest absolute Gasteiger partial charge is 0.422 e. The number of alkyl halides is 3. The number of benzene rings is 1. The molecule has 4 aliphatic rings. The highest BCUT2D eigenvalue weighted by molar-refractivity contribution is 5.90. The number of ether oxygens (including phenoxy) is 1. The molecule has 0 saturated heterocycles. The van der Waals surface area contributed by atoms with Gasteiger partial charge in [0.25, 0.3) is 0 Å². The van der Waals surface area contributed by atoms with Crippen LogP contribution in [0.25, 0.3) is 10.9 Å². The predicted molar refractivity (Wildman–Crippen MR) is 98.3 cm³/mol. The number of halogens is 3. The second kappa shape index (κ2) is 5.88. The number of carbonyl (C=O) groups is 1. The van der Waals surface area contributed by atoms with Crippen LogP contribution in [0.3, 0.4) is 0 Å². The summed E-state index contributed by atoms with van der Waals surface area (Å²) in [6.07, 6.45) is -0.00577. The van der Waals surface area contributed by atoms with Crippen molar-refractivity contribution in [1.29, 1.82) is 0 Å². The minimum absolute atomic E-state index is 0.0433. The number of carbonyl (C=O) groups excluding carboxylic acids is 1. The van der Waals surface area contributed by atoms with E-state index in [1.807, 2.05) is 30.3 Å². The maximum absolute atomic E-state index is 13.1. The van der Waals surface area contributed by atoms with Gasteiger partial charge in [0.15, 0.2) is 5.60 Å². The molecule has 0 unspecified atom stereocenters. The van der Waals surface area contributed by atoms with Gasteiger partial charge in [-0.1, -0.05) is 24.8 Å². The van der Waals surface area contributed by atoms with Gasteiger partial charge in [0.2, 0.25) is 0 Å². The van der Waals surface area contributed by atoms with E-state index in [4.69, 9.17) is 4.74 Å². The Balaban J connectivity index is 1.61. The average molecular weight is 389 g/mol. The van der Waals surface area contributed by atoms with Gasteiger partial charge in [-0.05, 0) is 61.5 Å². The summed E-state index contributed by atoms with van der Waals surface area (Å²) in [7, 11) is 0. The van der Waals surface area contributed by atoms with Gasteiger partial charge in [-0.25, -0.2) is 4.79 Å². The van der Waals surface area contributed by atoms with Crippen molar-refractivity contribution in [2.75, 3.05) is 0 Å². The van der Waals surface area contributed by atoms with E-state index in [-0.39, 0.29) is 11.8 Å². The molecule has 3 nitrogen and oxygen atoms in total. The van der Waals surface area contributed by atoms with Crippen molar-refractivity contribution < 1.29 is 22.7 Å². The Morgan fingerprint density at radius 2 is 1.68 bits per heavy atom. The number of hydrogen-bond acceptors (Lipinski definition) is 2. The highest BCUT2D eigenvalue weighted by Gasteiger charge is 2.61. The van der Waals surface area contributed by atoms with Crippen LogP contribution >= 0.6 is 0 Å². The predicted octanol–water partition coefficient (Wildman–Crippen LogP) is 5.48. The van der Waals surface area contributed by atoms with E-state index >= 15 is 0 Å². The summed E-state index contributed by atoms with van der Waals surface area (Å²) >= 11 is 0. The van der Waals surface area contributed by atoms with Crippen molar-refractivity contribution in [3.8, 4) is 0 Å². The van der Waals surface area contributed by atoms with Gasteiger partial charge in [-0.3, -0.25) is 0 Å². The Labute approximate surface area is 160 Å². The van der Waals surface area contributed by atoms with E-state index in [1.54, 1.807) is 0 Å². The topological polar surface area (TPSA) is 42.1 Å². The molecule has 1 heterocycles. The third-order valence-corrected chi connectivity index (χ3v) is 7.15. The van der Waals surface area contributed by atoms with Crippen LogP contribution in [0.2, 0.25) is 0 Å². The van der Waals surface area contributed by atoms with Crippen LogP contribution < -0.4 is 0 Å². The molecule has 1 aromatic heterocycles. The fraction of sp³-hybridized carbons (Fsp3) is 0.500. The van der Waals surface area contributed by atoms with Gasteiger partial charge in [0, 0.05) is 17.4 Å². The number of aromatic amines is 1. The van der Waals surface area contributed by atoms with E-state index < -0.39 is 23.3 Å². The largest absolute Gasteiger partial charge is 0.448 e. The standard InChI is InChI=1S/C22H22F3NO2/c1-12(22(23,24)25)20(27)28-21(19-11-15-4-2-3-5-18(15)26-19)16-7-13-6-14(9-16)10-17(21)8-13/h2-5,11,13-14,16-17,26H,1,6-10H2. The van der Waals surface area contributed by atoms with Gasteiger partial charge >= 0.3 is 12.1 Å². The minimum atomic E-state index is -4.79. The fourth-order valence-electron chi connectivity index (χ4n) is 6.16. The highest BCUT2D eigenvalue weighted by Crippen LogP contribution is 2.63. The second-order valence-corrected chi connectivity index (χ2v) is 8.73. The molecule has 6 heteroatoms. The molecule has 0 radical (unpaired) electrons. The van der Waals surface area contributed by atoms with Gasteiger partial charge in [-0.15, -0.1) is 0 Å². The molecular weight excluding hydrogens is 367 g/mol. The number of aromatic nitrogens is 1. The first-order valence-electron chi connectivity index (χ1n) is 9.85. The first-order valence-corrected chi connectivity index (χ1v) is 9.85. The summed E-state index contributed by atoms with van der Waals surface area (Å²) in [6, 6.07) is 9.65. The molecule has 0 spiro atoms. The van der Waals surface area contributed by atoms with Crippen LogP contribution in [0, 0.1) is 23.7 Å². The average Bonchev–Trinajstić information content (AvgIpc) is 3.07. The molecule has 0 atom stereocenters. The molecule has 28 heavy (non-hydrogen) atoms. The normalized spacial score (nSPS) is 34.0. The van der Waals surface area contributed by atoms with Crippen LogP contribution in [0.15, 0.2) is 42.5 Å². The van der Waals surface area contributed by atoms with Gasteiger partial charge in [-0.2, -0.15) is 13.2 Å². The van der Waals surface area contributed by atoms with Crippen molar-refractivity contribution in [1.82, 2.24) is 4.98 Å². The summed E-state index contributed by atoms with van der Waals surface area (Å²) in [5, 5.41) is 0.969. The fourth-order valence-corrected chi connectivity index (χ4v) is 6.16. The zero-order chi connectivity index (χ0) is 19.7. The number of hydrogen-bond donors (Lipinski definition) is 1. The zero-order valence-electron chi connectivity index (χ0n) is 15.4. The Bertz CT molecular complexity index is 897. The van der Waals surface area contributed by atoms with Crippen LogP contribution in [-0.2, 0) is 15.1 Å². The highest BCUT2D eigenvalue weighted by atomic mass is 19.4. The van der Waals surface area contributed by atoms with Crippen molar-refractivity contribution in [2.45, 2.75) is 43.9 Å². The van der Waals surface area contributed by atoms with Crippen molar-refractivity contribution >= 4 is 16.9 Å². The van der Waals surface area contributed by atoms with Crippen molar-refractivity contribution in [3.63, 3.8) is 0 Å². The third-order valence-electron chi connectivity index (χ3n) is 7.15. The Kier molecular flexibility index (Phi) is 3.74. The van der Waals surface area contributed by atoms with Crippen LogP contribution in [0.1, 0.15) is 37.8 Å². The Hall–Kier alpha value is -2.24. The number of esters is 1. The molecule has 0 aliphatic heterocycles. The van der Waals surface area contributed by atoms with E-state index in [0.29, 0.717) is 11.8 Å². The molecule has 6 rings (SSSR count). The van der Waals surface area contributed by atoms with Crippen molar-refractivity contribution in [2.24, 2.45) is 23.7 Å². The zero-order valence-corrected chi connectivity index (χ0v) is 15.4. The molecule has 4 saturated carbocycles. The summed E-state index contributed by atoms with van der Waals surface area (Å²) < 4.78 is 45.1. The summed E-state index contributed by atoms with van der Waals surface area (Å²) in [5.41, 5.74) is -0.837. The minimum Gasteiger partial charge on any atom is -0.448 e. The molecule has 148 valence electrons. The molecule has 1 N–H and O–H groups in total. The van der Waals surface area contributed by atoms with E-state index in [9.17, 15) is 18.0 Å². The summed E-state index contributed by atoms with van der Waals surface area (Å²) in [5.74, 6) is -0.0868. The molecule has 1 aromatic carbocycles. The lowest BCUT2D eigenvalue weighted by molar-refractivity contribution is -0.217. The van der Waals surface area contributed by atoms with Gasteiger partial charge in [0.05, 0.1) is 5.69 Å². The SMILES string of the molecule is C=C(C(=O)OC1(c2cc3ccccc3[nH]2)C2CC3CC(C2)CC1C3)C(F)(F)F. The van der Waals surface area contributed by atoms with Gasteiger partial charge < -0.3 is 9.72 Å². The van der Waals surface area contributed by atoms with Crippen LogP contribution in [0.5, 0.6) is 0 Å². The van der Waals surface area contributed by atoms with Gasteiger partial charge in [0.1, 0.15) is 5.57 Å². The second-order valence-electron chi connectivity index (χ2n) is 8.73. The first-order chi connectivity index (χ1) is 13.3. The number of para-hydroxylation sites is 1. The summed E-state index contributed by atoms with van der Waals surface area (Å²) in [4.78, 5) is 15.9. The maximum Gasteiger partial charge on any atom is 0.422 e. The van der Waals surface area contributed by atoms with Crippen molar-refractivity contribution in [3.05, 3.63) is 48.2 Å². The monoisotopic (exact) mass is 389 g/mol. The van der Waals surface area contributed by atoms with E-state index in [2.05, 4.69) is 11.6 Å². The quantitative estimate of drug-likeness (QED) is 0.558. The lowest BCUT2D eigenvalue weighted by Gasteiger charge is -2.59. The van der Waals surface area contributed by atoms with E-state index in [1.165, 1.54) is 6.42 Å². The number of H-pyrrole nitrogens is 1. The van der Waals surface area contributed by atoms with E-state index in [0.717, 1.165) is 42.3 Å². The molecule has 4 aliphatic carbocycles. The van der Waals surface area contributed by atoms with Crippen LogP contribution in [-0.4, -0.2) is 17.1 Å². The molecule has 2 aromatic rings. The number of rotatable bonds is 3. The molecular formula is C22H22F3NO2. The molecule has 4 bridgehead atoms. The molecule has 4 fully saturated rings. The molecule has 0 amide bonds. The number of fused-ring (bicyclic) bond motifs is 1. The lowest BCUT2D eigenvalue weighted by atomic mass is 9.49. The summed E-state index contributed by atoms with van der Waals surface area (Å²) in [6.45, 7) is 2.97. The van der Waals surface area contributed by atoms with Crippen LogP contribution in [0.4, 0.5) is 13.2 Å². The Morgan fingerprint density at radius 3 is 2.25 bits per heavy atom. The first kappa shape index (κ1) is 17.8. The number of nitrogens with one attached hydrogen (secondary N) is 1.